The van der Waals surface area contributed by atoms with E-state index in [1.54, 1.807) is 12.1 Å². The molecule has 0 aliphatic heterocycles. The highest BCUT2D eigenvalue weighted by Gasteiger charge is 2.19. The van der Waals surface area contributed by atoms with Gasteiger partial charge in [0.1, 0.15) is 0 Å². The maximum atomic E-state index is 9.36. The van der Waals surface area contributed by atoms with Crippen LogP contribution >= 0.6 is 0 Å². The lowest BCUT2D eigenvalue weighted by atomic mass is 9.83. The lowest BCUT2D eigenvalue weighted by Crippen LogP contribution is -1.93. The standard InChI is InChI=1S/C40H26/c1-2-14-29-26-30(25-24-27(29)12-1)32-17-5-6-18-33(32)39-35-19-7-9-21-37(35)40(38-22-10-8-20-36(38)39)34-23-11-15-28-13-3-4-16-31(28)34/h1-26H/i5D,6D,7D,8D,9D,10D,17D,18D,19D,21D,22D. The van der Waals surface area contributed by atoms with E-state index in [4.69, 9.17) is 8.22 Å². The predicted octanol–water partition coefficient (Wildman–Crippen LogP) is 11.3. The van der Waals surface area contributed by atoms with Gasteiger partial charge in [0.25, 0.3) is 0 Å². The first-order valence-electron chi connectivity index (χ1n) is 18.5. The highest BCUT2D eigenvalue weighted by molar-refractivity contribution is 6.24. The van der Waals surface area contributed by atoms with Crippen molar-refractivity contribution in [3.63, 3.8) is 0 Å². The summed E-state index contributed by atoms with van der Waals surface area (Å²) in [6.45, 7) is 0. The summed E-state index contributed by atoms with van der Waals surface area (Å²) in [5.74, 6) is 0. The molecule has 0 unspecified atom stereocenters. The summed E-state index contributed by atoms with van der Waals surface area (Å²) >= 11 is 0. The maximum absolute atomic E-state index is 9.36. The minimum Gasteiger partial charge on any atom is -0.0616 e. The van der Waals surface area contributed by atoms with Crippen LogP contribution in [0.25, 0.3) is 76.5 Å². The van der Waals surface area contributed by atoms with E-state index in [0.29, 0.717) is 11.1 Å². The Morgan fingerprint density at radius 1 is 0.350 bits per heavy atom. The van der Waals surface area contributed by atoms with Crippen molar-refractivity contribution in [3.8, 4) is 33.4 Å². The Labute approximate surface area is 249 Å². The topological polar surface area (TPSA) is 0 Å². The second-order valence-corrected chi connectivity index (χ2v) is 9.67. The third kappa shape index (κ3) is 3.54. The first kappa shape index (κ1) is 14.3. The molecule has 0 aromatic heterocycles. The van der Waals surface area contributed by atoms with E-state index >= 15 is 0 Å². The highest BCUT2D eigenvalue weighted by atomic mass is 14.2. The van der Waals surface area contributed by atoms with Crippen molar-refractivity contribution in [1.82, 2.24) is 0 Å². The lowest BCUT2D eigenvalue weighted by molar-refractivity contribution is 1.62. The average Bonchev–Trinajstić information content (AvgIpc) is 3.14. The monoisotopic (exact) mass is 517 g/mol. The molecule has 0 amide bonds. The molecule has 40 heavy (non-hydrogen) atoms. The van der Waals surface area contributed by atoms with E-state index in [0.717, 1.165) is 21.5 Å². The fraction of sp³-hybridized carbons (Fsp3) is 0. The molecule has 0 radical (unpaired) electrons. The van der Waals surface area contributed by atoms with E-state index < -0.39 is 42.3 Å². The van der Waals surface area contributed by atoms with E-state index in [-0.39, 0.29) is 68.0 Å². The molecule has 0 atom stereocenters. The Kier molecular flexibility index (Phi) is 3.29. The maximum Gasteiger partial charge on any atom is 0.0629 e. The minimum absolute atomic E-state index is 0.0139. The smallest absolute Gasteiger partial charge is 0.0616 e. The number of hydrogen-bond acceptors (Lipinski definition) is 0. The zero-order chi connectivity index (χ0) is 36.0. The molecule has 8 aromatic rings. The normalized spacial score (nSPS) is 15.3. The summed E-state index contributed by atoms with van der Waals surface area (Å²) < 4.78 is 99.1. The molecule has 0 saturated carbocycles. The van der Waals surface area contributed by atoms with Crippen molar-refractivity contribution < 1.29 is 15.1 Å². The third-order valence-electron chi connectivity index (χ3n) is 7.49. The number of benzene rings is 8. The van der Waals surface area contributed by atoms with Crippen LogP contribution in [0.5, 0.6) is 0 Å². The van der Waals surface area contributed by atoms with Crippen LogP contribution in [0.4, 0.5) is 0 Å². The van der Waals surface area contributed by atoms with Crippen molar-refractivity contribution in [1.29, 1.82) is 0 Å². The molecule has 0 aliphatic carbocycles. The lowest BCUT2D eigenvalue weighted by Gasteiger charge is -2.20. The Bertz CT molecular complexity index is 2820. The van der Waals surface area contributed by atoms with Gasteiger partial charge in [0, 0.05) is 0 Å². The van der Waals surface area contributed by atoms with Gasteiger partial charge in [-0.1, -0.05) is 151 Å². The van der Waals surface area contributed by atoms with Crippen molar-refractivity contribution >= 4 is 43.1 Å². The van der Waals surface area contributed by atoms with Gasteiger partial charge in [0.05, 0.1) is 15.1 Å². The second kappa shape index (κ2) is 9.22. The molecular weight excluding hydrogens is 480 g/mol. The van der Waals surface area contributed by atoms with Crippen molar-refractivity contribution in [2.24, 2.45) is 0 Å². The van der Waals surface area contributed by atoms with E-state index in [1.807, 2.05) is 72.8 Å². The zero-order valence-electron chi connectivity index (χ0n) is 32.2. The Morgan fingerprint density at radius 2 is 0.950 bits per heavy atom. The summed E-state index contributed by atoms with van der Waals surface area (Å²) in [7, 11) is 0. The first-order chi connectivity index (χ1) is 24.4. The molecule has 0 saturated heterocycles. The molecule has 186 valence electrons. The van der Waals surface area contributed by atoms with Gasteiger partial charge in [-0.15, -0.1) is 0 Å². The molecule has 0 N–H and O–H groups in total. The van der Waals surface area contributed by atoms with Gasteiger partial charge >= 0.3 is 0 Å². The molecule has 0 heteroatoms. The molecule has 0 nitrogen and oxygen atoms in total. The van der Waals surface area contributed by atoms with Crippen molar-refractivity contribution in [2.75, 3.05) is 0 Å². The largest absolute Gasteiger partial charge is 0.0629 e. The van der Waals surface area contributed by atoms with Gasteiger partial charge in [-0.3, -0.25) is 0 Å². The van der Waals surface area contributed by atoms with Crippen LogP contribution in [-0.2, 0) is 0 Å². The third-order valence-corrected chi connectivity index (χ3v) is 7.49. The molecule has 0 bridgehead atoms. The van der Waals surface area contributed by atoms with Crippen LogP contribution in [0.1, 0.15) is 15.1 Å². The SMILES string of the molecule is [2H]c1cc2c(-c3c([2H])c([2H])c([2H])c([2H])c3-c3ccc4ccccc4c3)c3c([2H])c([2H])c([2H])c([2H])c3c(-c3cccc4ccccc34)c2c([2H])c1[2H]. The number of fused-ring (bicyclic) bond motifs is 4. The van der Waals surface area contributed by atoms with Crippen molar-refractivity contribution in [2.45, 2.75) is 0 Å². The Hall–Kier alpha value is -5.20. The molecular formula is C40H26. The zero-order valence-corrected chi connectivity index (χ0v) is 21.2. The van der Waals surface area contributed by atoms with E-state index in [2.05, 4.69) is 0 Å². The van der Waals surface area contributed by atoms with Crippen LogP contribution in [0.15, 0.2) is 157 Å². The van der Waals surface area contributed by atoms with Gasteiger partial charge in [-0.2, -0.15) is 0 Å². The Morgan fingerprint density at radius 3 is 1.77 bits per heavy atom. The number of rotatable bonds is 3. The van der Waals surface area contributed by atoms with Crippen LogP contribution in [0, 0.1) is 0 Å². The summed E-state index contributed by atoms with van der Waals surface area (Å²) in [4.78, 5) is 0. The van der Waals surface area contributed by atoms with Gasteiger partial charge in [0.15, 0.2) is 0 Å². The fourth-order valence-corrected chi connectivity index (χ4v) is 5.72. The molecule has 0 fully saturated rings. The molecule has 0 spiro atoms. The summed E-state index contributed by atoms with van der Waals surface area (Å²) in [5, 5.41) is 3.63. The fourth-order valence-electron chi connectivity index (χ4n) is 5.72. The van der Waals surface area contributed by atoms with Gasteiger partial charge in [0.2, 0.25) is 0 Å². The minimum atomic E-state index is -0.547. The van der Waals surface area contributed by atoms with Gasteiger partial charge in [-0.25, -0.2) is 0 Å². The van der Waals surface area contributed by atoms with E-state index in [1.165, 1.54) is 6.07 Å². The summed E-state index contributed by atoms with van der Waals surface area (Å²) in [6, 6.07) is 22.6. The predicted molar refractivity (Wildman–Crippen MR) is 173 cm³/mol. The first-order valence-corrected chi connectivity index (χ1v) is 13.0. The van der Waals surface area contributed by atoms with E-state index in [9.17, 15) is 6.85 Å². The van der Waals surface area contributed by atoms with Crippen LogP contribution < -0.4 is 0 Å². The molecule has 0 heterocycles. The Balaban J connectivity index is 1.70. The van der Waals surface area contributed by atoms with Gasteiger partial charge in [-0.05, 0) is 82.5 Å². The van der Waals surface area contributed by atoms with Gasteiger partial charge < -0.3 is 0 Å². The second-order valence-electron chi connectivity index (χ2n) is 9.67. The number of hydrogen-bond donors (Lipinski definition) is 0. The summed E-state index contributed by atoms with van der Waals surface area (Å²) in [6.07, 6.45) is 0. The molecule has 8 aromatic carbocycles. The quantitative estimate of drug-likeness (QED) is 0.204. The van der Waals surface area contributed by atoms with Crippen LogP contribution in [-0.4, -0.2) is 0 Å². The molecule has 0 aliphatic rings. The summed E-state index contributed by atoms with van der Waals surface area (Å²) in [5.41, 5.74) is 1.39. The van der Waals surface area contributed by atoms with Crippen LogP contribution in [0.3, 0.4) is 0 Å². The van der Waals surface area contributed by atoms with Crippen LogP contribution in [0.2, 0.25) is 0 Å². The average molecular weight is 518 g/mol. The molecule has 8 rings (SSSR count). The van der Waals surface area contributed by atoms with Crippen molar-refractivity contribution in [3.05, 3.63) is 157 Å². The highest BCUT2D eigenvalue weighted by Crippen LogP contribution is 2.47.